The number of halogens is 2. The number of thioether (sulfide) groups is 1. The van der Waals surface area contributed by atoms with Gasteiger partial charge in [-0.2, -0.15) is 0 Å². The minimum atomic E-state index is -0.943. The van der Waals surface area contributed by atoms with Gasteiger partial charge < -0.3 is 20.6 Å². The molecule has 1 aliphatic heterocycles. The highest BCUT2D eigenvalue weighted by Gasteiger charge is 2.25. The number of nitrogens with zero attached hydrogens (tertiary/aromatic N) is 1. The molecule has 4 rings (SSSR count). The van der Waals surface area contributed by atoms with Crippen LogP contribution in [0, 0.1) is 0 Å². The molecule has 1 amide bonds. The van der Waals surface area contributed by atoms with E-state index in [1.54, 1.807) is 23.9 Å². The summed E-state index contributed by atoms with van der Waals surface area (Å²) in [6.45, 7) is 0.758. The molecule has 0 saturated carbocycles. The third-order valence-electron chi connectivity index (χ3n) is 5.36. The number of nitrogens with one attached hydrogen (secondary N) is 2. The van der Waals surface area contributed by atoms with Crippen molar-refractivity contribution >= 4 is 66.9 Å². The van der Waals surface area contributed by atoms with Crippen LogP contribution in [0.2, 0.25) is 0 Å². The molecule has 0 radical (unpaired) electrons. The highest BCUT2D eigenvalue weighted by molar-refractivity contribution is 9.10. The normalized spacial score (nSPS) is 14.7. The Kier molecular flexibility index (Phi) is 8.54. The van der Waals surface area contributed by atoms with E-state index >= 15 is 0 Å². The average Bonchev–Trinajstić information content (AvgIpc) is 3.33. The number of carboxylic acids is 1. The van der Waals surface area contributed by atoms with Crippen molar-refractivity contribution in [1.82, 2.24) is 10.6 Å². The molecule has 35 heavy (non-hydrogen) atoms. The predicted octanol–water partition coefficient (Wildman–Crippen LogP) is 6.04. The molecule has 3 aromatic carbocycles. The van der Waals surface area contributed by atoms with Crippen molar-refractivity contribution < 1.29 is 14.7 Å². The van der Waals surface area contributed by atoms with E-state index in [0.717, 1.165) is 31.5 Å². The lowest BCUT2D eigenvalue weighted by atomic mass is 10.1. The van der Waals surface area contributed by atoms with Gasteiger partial charge in [0.2, 0.25) is 0 Å². The largest absolute Gasteiger partial charge is 0.481 e. The van der Waals surface area contributed by atoms with E-state index in [-0.39, 0.29) is 24.4 Å². The molecule has 0 bridgehead atoms. The van der Waals surface area contributed by atoms with Crippen molar-refractivity contribution in [3.63, 3.8) is 0 Å². The van der Waals surface area contributed by atoms with E-state index in [2.05, 4.69) is 77.1 Å². The molecule has 1 heterocycles. The third-order valence-corrected chi connectivity index (χ3v) is 7.38. The lowest BCUT2D eigenvalue weighted by Crippen LogP contribution is -2.40. The first-order valence-electron chi connectivity index (χ1n) is 10.9. The van der Waals surface area contributed by atoms with Crippen molar-refractivity contribution in [1.29, 1.82) is 0 Å². The number of carbonyl (C=O) groups excluding carboxylic acids is 1. The van der Waals surface area contributed by atoms with Gasteiger partial charge in [0.25, 0.3) is 5.91 Å². The Morgan fingerprint density at radius 3 is 2.43 bits per heavy atom. The maximum atomic E-state index is 12.4. The van der Waals surface area contributed by atoms with Gasteiger partial charge in [-0.05, 0) is 65.1 Å². The van der Waals surface area contributed by atoms with Crippen molar-refractivity contribution in [2.24, 2.45) is 0 Å². The lowest BCUT2D eigenvalue weighted by molar-refractivity contribution is -0.136. The van der Waals surface area contributed by atoms with Crippen LogP contribution in [0.3, 0.4) is 0 Å². The van der Waals surface area contributed by atoms with Crippen molar-refractivity contribution in [3.8, 4) is 0 Å². The number of anilines is 1. The van der Waals surface area contributed by atoms with Crippen molar-refractivity contribution in [3.05, 3.63) is 104 Å². The number of carbonyl (C=O) groups is 2. The molecule has 0 aliphatic carbocycles. The summed E-state index contributed by atoms with van der Waals surface area (Å²) in [6, 6.07) is 23.8. The van der Waals surface area contributed by atoms with Crippen LogP contribution in [0.15, 0.2) is 87.1 Å². The van der Waals surface area contributed by atoms with Crippen molar-refractivity contribution in [2.75, 3.05) is 11.4 Å². The molecular formula is C26H23Br2N3O3S. The summed E-state index contributed by atoms with van der Waals surface area (Å²) in [7, 11) is 0. The number of amides is 1. The SMILES string of the molecule is O=C(O)CCNC(=O)c1ccc(N(Cc2cccc(Br)c2)C2NC(c3ccc(Br)cc3)=CS2)cc1. The van der Waals surface area contributed by atoms with Crippen molar-refractivity contribution in [2.45, 2.75) is 18.5 Å². The zero-order valence-corrected chi connectivity index (χ0v) is 22.6. The maximum absolute atomic E-state index is 12.4. The topological polar surface area (TPSA) is 81.7 Å². The number of carboxylic acid groups (broad SMARTS) is 1. The molecule has 180 valence electrons. The van der Waals surface area contributed by atoms with Gasteiger partial charge >= 0.3 is 5.97 Å². The Labute approximate surface area is 225 Å². The number of rotatable bonds is 9. The zero-order valence-electron chi connectivity index (χ0n) is 18.6. The van der Waals surface area contributed by atoms with Gasteiger partial charge in [-0.1, -0.05) is 67.9 Å². The zero-order chi connectivity index (χ0) is 24.8. The Morgan fingerprint density at radius 1 is 1.00 bits per heavy atom. The summed E-state index contributed by atoms with van der Waals surface area (Å²) in [5.74, 6) is -1.23. The summed E-state index contributed by atoms with van der Waals surface area (Å²) in [4.78, 5) is 25.3. The first kappa shape index (κ1) is 25.3. The van der Waals surface area contributed by atoms with E-state index in [4.69, 9.17) is 5.11 Å². The van der Waals surface area contributed by atoms with Gasteiger partial charge in [0, 0.05) is 33.3 Å². The fraction of sp³-hybridized carbons (Fsp3) is 0.154. The second-order valence-electron chi connectivity index (χ2n) is 7.88. The lowest BCUT2D eigenvalue weighted by Gasteiger charge is -2.31. The standard InChI is InChI=1S/C26H23Br2N3O3S/c27-20-8-4-18(5-9-20)23-16-35-26(30-23)31(15-17-2-1-3-21(28)14-17)22-10-6-19(7-11-22)25(34)29-13-12-24(32)33/h1-11,14,16,26,30H,12-13,15H2,(H,29,34)(H,32,33). The first-order chi connectivity index (χ1) is 16.9. The molecule has 9 heteroatoms. The molecule has 1 atom stereocenters. The summed E-state index contributed by atoms with van der Waals surface area (Å²) in [6.07, 6.45) is -0.109. The Morgan fingerprint density at radius 2 is 1.74 bits per heavy atom. The van der Waals surface area contributed by atoms with Gasteiger partial charge in [0.15, 0.2) is 5.50 Å². The predicted molar refractivity (Wildman–Crippen MR) is 148 cm³/mol. The van der Waals surface area contributed by atoms with E-state index < -0.39 is 5.97 Å². The quantitative estimate of drug-likeness (QED) is 0.272. The fourth-order valence-electron chi connectivity index (χ4n) is 3.60. The van der Waals surface area contributed by atoms with Crippen LogP contribution >= 0.6 is 43.6 Å². The van der Waals surface area contributed by atoms with Gasteiger partial charge in [0.1, 0.15) is 0 Å². The van der Waals surface area contributed by atoms with Crippen LogP contribution in [-0.4, -0.2) is 29.0 Å². The second-order valence-corrected chi connectivity index (χ2v) is 10.7. The molecule has 3 N–H and O–H groups in total. The van der Waals surface area contributed by atoms with E-state index in [1.807, 2.05) is 36.4 Å². The molecule has 1 unspecified atom stereocenters. The van der Waals surface area contributed by atoms with Crippen LogP contribution < -0.4 is 15.5 Å². The summed E-state index contributed by atoms with van der Waals surface area (Å²) >= 11 is 8.74. The van der Waals surface area contributed by atoms with Gasteiger partial charge in [-0.15, -0.1) is 0 Å². The monoisotopic (exact) mass is 615 g/mol. The summed E-state index contributed by atoms with van der Waals surface area (Å²) in [5.41, 5.74) is 4.72. The molecule has 0 fully saturated rings. The Hall–Kier alpha value is -2.75. The van der Waals surface area contributed by atoms with Gasteiger partial charge in [-0.25, -0.2) is 0 Å². The van der Waals surface area contributed by atoms with E-state index in [9.17, 15) is 9.59 Å². The molecule has 0 saturated heterocycles. The molecule has 0 aromatic heterocycles. The van der Waals surface area contributed by atoms with Gasteiger partial charge in [0.05, 0.1) is 12.1 Å². The highest BCUT2D eigenvalue weighted by atomic mass is 79.9. The number of aliphatic carboxylic acids is 1. The average molecular weight is 617 g/mol. The van der Waals surface area contributed by atoms with Crippen LogP contribution in [0.4, 0.5) is 5.69 Å². The summed E-state index contributed by atoms with van der Waals surface area (Å²) in [5, 5.41) is 17.2. The van der Waals surface area contributed by atoms with E-state index in [1.165, 1.54) is 0 Å². The summed E-state index contributed by atoms with van der Waals surface area (Å²) < 4.78 is 2.05. The van der Waals surface area contributed by atoms with Crippen LogP contribution in [0.5, 0.6) is 0 Å². The van der Waals surface area contributed by atoms with Crippen LogP contribution in [0.1, 0.15) is 27.9 Å². The van der Waals surface area contributed by atoms with Crippen LogP contribution in [-0.2, 0) is 11.3 Å². The fourth-order valence-corrected chi connectivity index (χ4v) is 5.31. The smallest absolute Gasteiger partial charge is 0.305 e. The molecule has 6 nitrogen and oxygen atoms in total. The van der Waals surface area contributed by atoms with Gasteiger partial charge in [-0.3, -0.25) is 9.59 Å². The minimum absolute atomic E-state index is 0.0390. The third kappa shape index (κ3) is 6.90. The molecule has 1 aliphatic rings. The molecule has 3 aromatic rings. The number of benzene rings is 3. The number of hydrogen-bond acceptors (Lipinski definition) is 5. The minimum Gasteiger partial charge on any atom is -0.481 e. The first-order valence-corrected chi connectivity index (χ1v) is 13.4. The number of hydrogen-bond donors (Lipinski definition) is 3. The second kappa shape index (κ2) is 11.8. The molecule has 0 spiro atoms. The molecular weight excluding hydrogens is 594 g/mol. The maximum Gasteiger partial charge on any atom is 0.305 e. The van der Waals surface area contributed by atoms with Crippen LogP contribution in [0.25, 0.3) is 5.70 Å². The Balaban J connectivity index is 1.53. The highest BCUT2D eigenvalue weighted by Crippen LogP contribution is 2.34. The Bertz CT molecular complexity index is 1230. The van der Waals surface area contributed by atoms with E-state index in [0.29, 0.717) is 12.1 Å².